The predicted molar refractivity (Wildman–Crippen MR) is 124 cm³/mol. The number of hydrogen-bond acceptors (Lipinski definition) is 3. The number of likely N-dealkylation sites (N-methyl/N-ethyl adjacent to an activating group) is 1. The second kappa shape index (κ2) is 10.6. The van der Waals surface area contributed by atoms with Crippen LogP contribution in [0.3, 0.4) is 0 Å². The van der Waals surface area contributed by atoms with Gasteiger partial charge in [0.25, 0.3) is 0 Å². The monoisotopic (exact) mass is 418 g/mol. The van der Waals surface area contributed by atoms with Crippen molar-refractivity contribution in [2.45, 2.75) is 38.8 Å². The van der Waals surface area contributed by atoms with E-state index in [9.17, 15) is 9.59 Å². The first kappa shape index (κ1) is 22.3. The van der Waals surface area contributed by atoms with E-state index in [0.717, 1.165) is 27.6 Å². The Morgan fingerprint density at radius 1 is 1.03 bits per heavy atom. The zero-order valence-corrected chi connectivity index (χ0v) is 18.4. The predicted octanol–water partition coefficient (Wildman–Crippen LogP) is 4.33. The number of methoxy groups -OCH3 is 1. The summed E-state index contributed by atoms with van der Waals surface area (Å²) in [6.07, 6.45) is 1.51. The highest BCUT2D eigenvalue weighted by atomic mass is 16.5. The molecule has 3 aromatic rings. The molecule has 162 valence electrons. The van der Waals surface area contributed by atoms with Gasteiger partial charge in [0.2, 0.25) is 11.8 Å². The van der Waals surface area contributed by atoms with Gasteiger partial charge in [-0.15, -0.1) is 0 Å². The van der Waals surface area contributed by atoms with Gasteiger partial charge in [0.1, 0.15) is 11.8 Å². The van der Waals surface area contributed by atoms with Crippen molar-refractivity contribution in [2.24, 2.45) is 0 Å². The molecule has 3 aromatic carbocycles. The number of benzene rings is 3. The minimum absolute atomic E-state index is 0.0359. The summed E-state index contributed by atoms with van der Waals surface area (Å²) in [5.41, 5.74) is 2.07. The number of carbonyl (C=O) groups excluding carboxylic acids is 2. The molecule has 0 radical (unpaired) electrons. The Labute approximate surface area is 184 Å². The normalized spacial score (nSPS) is 11.7. The zero-order valence-electron chi connectivity index (χ0n) is 18.4. The van der Waals surface area contributed by atoms with E-state index in [1.807, 2.05) is 49.4 Å². The Balaban J connectivity index is 1.83. The molecule has 3 rings (SSSR count). The Bertz CT molecular complexity index is 1040. The average Bonchev–Trinajstić information content (AvgIpc) is 2.82. The van der Waals surface area contributed by atoms with E-state index in [-0.39, 0.29) is 11.8 Å². The summed E-state index contributed by atoms with van der Waals surface area (Å²) in [5.74, 6) is 0.545. The molecule has 0 spiro atoms. The summed E-state index contributed by atoms with van der Waals surface area (Å²) >= 11 is 0. The van der Waals surface area contributed by atoms with Crippen LogP contribution >= 0.6 is 0 Å². The average molecular weight is 419 g/mol. The van der Waals surface area contributed by atoms with Gasteiger partial charge < -0.3 is 15.0 Å². The van der Waals surface area contributed by atoms with E-state index < -0.39 is 6.04 Å². The van der Waals surface area contributed by atoms with Crippen LogP contribution in [0.2, 0.25) is 0 Å². The second-order valence-electron chi connectivity index (χ2n) is 7.55. The van der Waals surface area contributed by atoms with Gasteiger partial charge in [-0.05, 0) is 46.9 Å². The molecule has 0 heterocycles. The summed E-state index contributed by atoms with van der Waals surface area (Å²) in [6, 6.07) is 21.5. The first-order chi connectivity index (χ1) is 15.1. The Morgan fingerprint density at radius 2 is 1.77 bits per heavy atom. The van der Waals surface area contributed by atoms with Crippen molar-refractivity contribution < 1.29 is 14.3 Å². The van der Waals surface area contributed by atoms with Crippen LogP contribution in [0, 0.1) is 0 Å². The molecule has 5 heteroatoms. The standard InChI is InChI=1S/C26H30N2O3/c1-4-24(26(30)27-2)28(18-19-9-7-13-22(17-19)31-3)25(29)16-15-21-12-8-11-20-10-5-6-14-23(20)21/h5-14,17,24H,4,15-16,18H2,1-3H3,(H,27,30)/t24-/m1/s1. The maximum Gasteiger partial charge on any atom is 0.242 e. The minimum Gasteiger partial charge on any atom is -0.497 e. The summed E-state index contributed by atoms with van der Waals surface area (Å²) in [7, 11) is 3.22. The molecule has 1 atom stereocenters. The zero-order chi connectivity index (χ0) is 22.2. The van der Waals surface area contributed by atoms with Crippen molar-refractivity contribution in [3.63, 3.8) is 0 Å². The van der Waals surface area contributed by atoms with Crippen molar-refractivity contribution in [1.29, 1.82) is 0 Å². The molecule has 0 saturated heterocycles. The number of hydrogen-bond donors (Lipinski definition) is 1. The van der Waals surface area contributed by atoms with Crippen LogP contribution in [-0.2, 0) is 22.6 Å². The molecule has 0 aromatic heterocycles. The summed E-state index contributed by atoms with van der Waals surface area (Å²) in [6.45, 7) is 2.29. The lowest BCUT2D eigenvalue weighted by Gasteiger charge is -2.30. The Hall–Kier alpha value is -3.34. The van der Waals surface area contributed by atoms with Crippen LogP contribution in [0.15, 0.2) is 66.7 Å². The SMILES string of the molecule is CC[C@H](C(=O)NC)N(Cc1cccc(OC)c1)C(=O)CCc1cccc2ccccc12. The van der Waals surface area contributed by atoms with Crippen molar-refractivity contribution in [3.05, 3.63) is 77.9 Å². The molecule has 31 heavy (non-hydrogen) atoms. The second-order valence-corrected chi connectivity index (χ2v) is 7.55. The largest absolute Gasteiger partial charge is 0.497 e. The number of nitrogens with one attached hydrogen (secondary N) is 1. The third-order valence-electron chi connectivity index (χ3n) is 5.61. The molecular weight excluding hydrogens is 388 g/mol. The fraction of sp³-hybridized carbons (Fsp3) is 0.308. The number of amides is 2. The van der Waals surface area contributed by atoms with Crippen LogP contribution in [0.5, 0.6) is 5.75 Å². The molecule has 0 unspecified atom stereocenters. The van der Waals surface area contributed by atoms with Crippen molar-refractivity contribution in [2.75, 3.05) is 14.2 Å². The summed E-state index contributed by atoms with van der Waals surface area (Å²) in [4.78, 5) is 27.6. The molecule has 1 N–H and O–H groups in total. The Morgan fingerprint density at radius 3 is 2.52 bits per heavy atom. The van der Waals surface area contributed by atoms with E-state index in [4.69, 9.17) is 4.74 Å². The maximum atomic E-state index is 13.3. The third-order valence-corrected chi connectivity index (χ3v) is 5.61. The maximum absolute atomic E-state index is 13.3. The van der Waals surface area contributed by atoms with E-state index >= 15 is 0 Å². The number of fused-ring (bicyclic) bond motifs is 1. The molecule has 0 aliphatic heterocycles. The number of ether oxygens (including phenoxy) is 1. The molecular formula is C26H30N2O3. The molecule has 0 aliphatic carbocycles. The smallest absolute Gasteiger partial charge is 0.242 e. The van der Waals surface area contributed by atoms with E-state index in [2.05, 4.69) is 29.6 Å². The van der Waals surface area contributed by atoms with Gasteiger partial charge in [0, 0.05) is 20.0 Å². The van der Waals surface area contributed by atoms with Gasteiger partial charge >= 0.3 is 0 Å². The summed E-state index contributed by atoms with van der Waals surface area (Å²) in [5, 5.41) is 5.03. The van der Waals surface area contributed by atoms with Crippen LogP contribution in [0.1, 0.15) is 30.9 Å². The van der Waals surface area contributed by atoms with Crippen molar-refractivity contribution in [1.82, 2.24) is 10.2 Å². The summed E-state index contributed by atoms with van der Waals surface area (Å²) < 4.78 is 5.32. The van der Waals surface area contributed by atoms with Crippen molar-refractivity contribution >= 4 is 22.6 Å². The van der Waals surface area contributed by atoms with Gasteiger partial charge in [-0.2, -0.15) is 0 Å². The van der Waals surface area contributed by atoms with Crippen LogP contribution in [-0.4, -0.2) is 36.9 Å². The third kappa shape index (κ3) is 5.43. The molecule has 2 amide bonds. The van der Waals surface area contributed by atoms with E-state index in [1.165, 1.54) is 0 Å². The number of nitrogens with zero attached hydrogens (tertiary/aromatic N) is 1. The molecule has 0 fully saturated rings. The van der Waals surface area contributed by atoms with Gasteiger partial charge in [-0.25, -0.2) is 0 Å². The first-order valence-corrected chi connectivity index (χ1v) is 10.7. The minimum atomic E-state index is -0.517. The molecule has 0 bridgehead atoms. The Kier molecular flexibility index (Phi) is 7.65. The van der Waals surface area contributed by atoms with Gasteiger partial charge in [-0.1, -0.05) is 61.5 Å². The van der Waals surface area contributed by atoms with Crippen LogP contribution < -0.4 is 10.1 Å². The number of rotatable bonds is 9. The number of aryl methyl sites for hydroxylation is 1. The van der Waals surface area contributed by atoms with E-state index in [0.29, 0.717) is 25.8 Å². The highest BCUT2D eigenvalue weighted by Gasteiger charge is 2.27. The first-order valence-electron chi connectivity index (χ1n) is 10.7. The lowest BCUT2D eigenvalue weighted by molar-refractivity contribution is -0.141. The fourth-order valence-electron chi connectivity index (χ4n) is 3.95. The lowest BCUT2D eigenvalue weighted by Crippen LogP contribution is -2.48. The molecule has 0 saturated carbocycles. The molecule has 5 nitrogen and oxygen atoms in total. The van der Waals surface area contributed by atoms with E-state index in [1.54, 1.807) is 19.1 Å². The fourth-order valence-corrected chi connectivity index (χ4v) is 3.95. The highest BCUT2D eigenvalue weighted by Crippen LogP contribution is 2.22. The molecule has 0 aliphatic rings. The topological polar surface area (TPSA) is 58.6 Å². The van der Waals surface area contributed by atoms with Gasteiger partial charge in [0.05, 0.1) is 7.11 Å². The van der Waals surface area contributed by atoms with Crippen LogP contribution in [0.4, 0.5) is 0 Å². The van der Waals surface area contributed by atoms with Crippen LogP contribution in [0.25, 0.3) is 10.8 Å². The lowest BCUT2D eigenvalue weighted by atomic mass is 10.00. The van der Waals surface area contributed by atoms with Gasteiger partial charge in [-0.3, -0.25) is 9.59 Å². The van der Waals surface area contributed by atoms with Gasteiger partial charge in [0.15, 0.2) is 0 Å². The van der Waals surface area contributed by atoms with Crippen molar-refractivity contribution in [3.8, 4) is 5.75 Å². The highest BCUT2D eigenvalue weighted by molar-refractivity contribution is 5.89. The number of carbonyl (C=O) groups is 2. The quantitative estimate of drug-likeness (QED) is 0.563.